The van der Waals surface area contributed by atoms with E-state index >= 15 is 0 Å². The van der Waals surface area contributed by atoms with Crippen molar-refractivity contribution in [3.05, 3.63) is 59.7 Å². The number of benzene rings is 2. The monoisotopic (exact) mass is 373 g/mol. The van der Waals surface area contributed by atoms with E-state index in [1.165, 1.54) is 16.7 Å². The molecule has 2 aromatic rings. The fraction of sp³-hybridized carbons (Fsp3) is 0.500. The predicted molar refractivity (Wildman–Crippen MR) is 118 cm³/mol. The third kappa shape index (κ3) is 9.18. The zero-order valence-corrected chi connectivity index (χ0v) is 18.5. The Labute approximate surface area is 166 Å². The van der Waals surface area contributed by atoms with Gasteiger partial charge in [-0.05, 0) is 50.5 Å². The average molecular weight is 374 g/mol. The second-order valence-corrected chi connectivity index (χ2v) is 6.91. The summed E-state index contributed by atoms with van der Waals surface area (Å²) < 4.78 is 5.96. The van der Waals surface area contributed by atoms with Crippen molar-refractivity contribution < 1.29 is 9.84 Å². The van der Waals surface area contributed by atoms with Gasteiger partial charge in [0.1, 0.15) is 5.72 Å². The van der Waals surface area contributed by atoms with Crippen LogP contribution in [0.5, 0.6) is 0 Å². The largest absolute Gasteiger partial charge is 0.376 e. The van der Waals surface area contributed by atoms with Crippen LogP contribution in [0.3, 0.4) is 0 Å². The van der Waals surface area contributed by atoms with Crippen molar-refractivity contribution in [1.82, 2.24) is 0 Å². The zero-order valence-electron chi connectivity index (χ0n) is 18.5. The van der Waals surface area contributed by atoms with Gasteiger partial charge in [0.25, 0.3) is 0 Å². The average Bonchev–Trinajstić information content (AvgIpc) is 2.64. The summed E-state index contributed by atoms with van der Waals surface area (Å²) in [4.78, 5) is 0. The molecule has 0 spiro atoms. The maximum atomic E-state index is 9.60. The van der Waals surface area contributed by atoms with E-state index in [-0.39, 0.29) is 0 Å². The second kappa shape index (κ2) is 11.9. The quantitative estimate of drug-likeness (QED) is 0.608. The SMILES string of the molecule is CC.CC.Cc1ccc(-c2cccc(C(C)(C)OCCC(C)(N)O)c2)cc1. The first kappa shape index (κ1) is 25.3. The van der Waals surface area contributed by atoms with Crippen molar-refractivity contribution in [3.8, 4) is 11.1 Å². The minimum absolute atomic E-state index is 0.397. The van der Waals surface area contributed by atoms with Gasteiger partial charge < -0.3 is 15.6 Å². The van der Waals surface area contributed by atoms with Crippen LogP contribution in [-0.4, -0.2) is 17.4 Å². The smallest absolute Gasteiger partial charge is 0.112 e. The first-order chi connectivity index (χ1) is 12.7. The van der Waals surface area contributed by atoms with Crippen LogP contribution in [-0.2, 0) is 10.3 Å². The van der Waals surface area contributed by atoms with Crippen molar-refractivity contribution in [2.45, 2.75) is 73.1 Å². The van der Waals surface area contributed by atoms with E-state index in [1.807, 2.05) is 41.5 Å². The Morgan fingerprint density at radius 3 is 1.96 bits per heavy atom. The minimum Gasteiger partial charge on any atom is -0.376 e. The molecule has 2 aromatic carbocycles. The second-order valence-electron chi connectivity index (χ2n) is 6.91. The van der Waals surface area contributed by atoms with Gasteiger partial charge in [-0.25, -0.2) is 0 Å². The van der Waals surface area contributed by atoms with Crippen molar-refractivity contribution in [1.29, 1.82) is 0 Å². The normalized spacial score (nSPS) is 12.8. The molecule has 0 amide bonds. The van der Waals surface area contributed by atoms with E-state index in [2.05, 4.69) is 55.5 Å². The van der Waals surface area contributed by atoms with Crippen LogP contribution in [0.25, 0.3) is 11.1 Å². The number of ether oxygens (including phenoxy) is 1. The van der Waals surface area contributed by atoms with Gasteiger partial charge in [0.2, 0.25) is 0 Å². The number of hydrogen-bond donors (Lipinski definition) is 2. The molecule has 0 aliphatic heterocycles. The van der Waals surface area contributed by atoms with Crippen molar-refractivity contribution in [3.63, 3.8) is 0 Å². The summed E-state index contributed by atoms with van der Waals surface area (Å²) in [6.07, 6.45) is 0.397. The van der Waals surface area contributed by atoms with Gasteiger partial charge in [-0.15, -0.1) is 0 Å². The van der Waals surface area contributed by atoms with E-state index in [1.54, 1.807) is 6.92 Å². The third-order valence-corrected chi connectivity index (χ3v) is 4.01. The first-order valence-electron chi connectivity index (χ1n) is 10.0. The van der Waals surface area contributed by atoms with E-state index in [9.17, 15) is 5.11 Å². The van der Waals surface area contributed by atoms with Crippen molar-refractivity contribution in [2.75, 3.05) is 6.61 Å². The number of hydrogen-bond acceptors (Lipinski definition) is 3. The molecule has 3 nitrogen and oxygen atoms in total. The van der Waals surface area contributed by atoms with Crippen LogP contribution in [0.1, 0.15) is 66.0 Å². The lowest BCUT2D eigenvalue weighted by atomic mass is 9.93. The van der Waals surface area contributed by atoms with E-state index in [0.717, 1.165) is 5.56 Å². The van der Waals surface area contributed by atoms with Gasteiger partial charge >= 0.3 is 0 Å². The summed E-state index contributed by atoms with van der Waals surface area (Å²) in [5.74, 6) is 0. The molecule has 0 fully saturated rings. The van der Waals surface area contributed by atoms with Crippen molar-refractivity contribution >= 4 is 0 Å². The fourth-order valence-electron chi connectivity index (χ4n) is 2.42. The summed E-state index contributed by atoms with van der Waals surface area (Å²) >= 11 is 0. The lowest BCUT2D eigenvalue weighted by Gasteiger charge is -2.28. The van der Waals surface area contributed by atoms with Gasteiger partial charge in [-0.1, -0.05) is 75.7 Å². The number of rotatable bonds is 6. The van der Waals surface area contributed by atoms with Gasteiger partial charge in [0, 0.05) is 6.42 Å². The molecule has 0 aliphatic rings. The Bertz CT molecular complexity index is 640. The number of nitrogens with two attached hydrogens (primary N) is 1. The molecule has 0 saturated heterocycles. The van der Waals surface area contributed by atoms with Gasteiger partial charge in [0.05, 0.1) is 12.2 Å². The molecule has 0 saturated carbocycles. The Balaban J connectivity index is 0.00000158. The lowest BCUT2D eigenvalue weighted by Crippen LogP contribution is -2.37. The van der Waals surface area contributed by atoms with Gasteiger partial charge in [-0.2, -0.15) is 0 Å². The molecule has 27 heavy (non-hydrogen) atoms. The Kier molecular flexibility index (Phi) is 11.2. The minimum atomic E-state index is -1.19. The van der Waals surface area contributed by atoms with Gasteiger partial charge in [0.15, 0.2) is 0 Å². The highest BCUT2D eigenvalue weighted by Gasteiger charge is 2.23. The number of aryl methyl sites for hydroxylation is 1. The van der Waals surface area contributed by atoms with Crippen LogP contribution in [0.15, 0.2) is 48.5 Å². The van der Waals surface area contributed by atoms with Crippen LogP contribution in [0.4, 0.5) is 0 Å². The van der Waals surface area contributed by atoms with Crippen molar-refractivity contribution in [2.24, 2.45) is 5.73 Å². The molecule has 3 heteroatoms. The standard InChI is InChI=1S/C20H27NO2.2C2H6/c1-15-8-10-16(11-9-15)17-6-5-7-18(14-17)19(2,3)23-13-12-20(4,21)22;2*1-2/h5-11,14,22H,12-13,21H2,1-4H3;2*1-2H3. The maximum Gasteiger partial charge on any atom is 0.112 e. The molecular formula is C24H39NO2. The molecule has 2 rings (SSSR count). The summed E-state index contributed by atoms with van der Waals surface area (Å²) in [5, 5.41) is 9.60. The number of aliphatic hydroxyl groups is 1. The molecule has 0 heterocycles. The van der Waals surface area contributed by atoms with Crippen LogP contribution in [0.2, 0.25) is 0 Å². The molecule has 152 valence electrons. The summed E-state index contributed by atoms with van der Waals surface area (Å²) in [6.45, 7) is 16.1. The fourth-order valence-corrected chi connectivity index (χ4v) is 2.42. The molecule has 0 aliphatic carbocycles. The topological polar surface area (TPSA) is 55.5 Å². The predicted octanol–water partition coefficient (Wildman–Crippen LogP) is 6.02. The van der Waals surface area contributed by atoms with E-state index in [4.69, 9.17) is 10.5 Å². The zero-order chi connectivity index (χ0) is 21.1. The van der Waals surface area contributed by atoms with Crippen LogP contribution in [0, 0.1) is 6.92 Å². The molecule has 0 radical (unpaired) electrons. The highest BCUT2D eigenvalue weighted by Crippen LogP contribution is 2.29. The Morgan fingerprint density at radius 2 is 1.44 bits per heavy atom. The summed E-state index contributed by atoms with van der Waals surface area (Å²) in [7, 11) is 0. The van der Waals surface area contributed by atoms with Crippen LogP contribution < -0.4 is 5.73 Å². The third-order valence-electron chi connectivity index (χ3n) is 4.01. The van der Waals surface area contributed by atoms with E-state index < -0.39 is 11.3 Å². The maximum absolute atomic E-state index is 9.60. The van der Waals surface area contributed by atoms with E-state index in [0.29, 0.717) is 13.0 Å². The Morgan fingerprint density at radius 1 is 0.889 bits per heavy atom. The van der Waals surface area contributed by atoms with Crippen LogP contribution >= 0.6 is 0 Å². The first-order valence-corrected chi connectivity index (χ1v) is 10.0. The highest BCUT2D eigenvalue weighted by atomic mass is 16.5. The Hall–Kier alpha value is -1.68. The molecule has 1 atom stereocenters. The molecular weight excluding hydrogens is 334 g/mol. The molecule has 1 unspecified atom stereocenters. The molecule has 3 N–H and O–H groups in total. The lowest BCUT2D eigenvalue weighted by molar-refractivity contribution is -0.0523. The molecule has 0 bridgehead atoms. The summed E-state index contributed by atoms with van der Waals surface area (Å²) in [5.41, 5.74) is 8.68. The highest BCUT2D eigenvalue weighted by molar-refractivity contribution is 5.64. The summed E-state index contributed by atoms with van der Waals surface area (Å²) in [6, 6.07) is 16.9. The van der Waals surface area contributed by atoms with Gasteiger partial charge in [-0.3, -0.25) is 0 Å². The molecule has 0 aromatic heterocycles.